The van der Waals surface area contributed by atoms with Gasteiger partial charge in [0.25, 0.3) is 0 Å². The second-order valence-corrected chi connectivity index (χ2v) is 3.42. The van der Waals surface area contributed by atoms with Crippen molar-refractivity contribution in [3.05, 3.63) is 29.6 Å². The maximum absolute atomic E-state index is 5.52. The van der Waals surface area contributed by atoms with Gasteiger partial charge in [-0.05, 0) is 13.0 Å². The number of nitrogens with zero attached hydrogens (tertiary/aromatic N) is 4. The molecule has 2 rings (SSSR count). The highest BCUT2D eigenvalue weighted by Crippen LogP contribution is 2.18. The minimum absolute atomic E-state index is 0.373. The lowest BCUT2D eigenvalue weighted by molar-refractivity contribution is 0.409. The van der Waals surface area contributed by atoms with Gasteiger partial charge in [-0.3, -0.25) is 0 Å². The van der Waals surface area contributed by atoms with Crippen LogP contribution in [-0.4, -0.2) is 20.0 Å². The first-order chi connectivity index (χ1) is 7.69. The van der Waals surface area contributed by atoms with E-state index in [1.165, 1.54) is 0 Å². The van der Waals surface area contributed by atoms with E-state index in [1.54, 1.807) is 16.8 Å². The third kappa shape index (κ3) is 2.17. The molecular formula is C10H13N5O. The Morgan fingerprint density at radius 3 is 2.69 bits per heavy atom. The van der Waals surface area contributed by atoms with E-state index in [-0.39, 0.29) is 0 Å². The molecule has 2 N–H and O–H groups in total. The molecule has 84 valence electrons. The molecule has 6 nitrogen and oxygen atoms in total. The molecule has 0 aliphatic heterocycles. The lowest BCUT2D eigenvalue weighted by atomic mass is 10.4. The molecule has 0 saturated heterocycles. The Bertz CT molecular complexity index is 476. The number of aryl methyl sites for hydroxylation is 2. The standard InChI is InChI=1S/C10H13N5O/c1-7-5-10(15(2)14-7)16-9-4-3-8(6-11)12-13-9/h3-5H,6,11H2,1-2H3. The number of nitrogens with two attached hydrogens (primary N) is 1. The zero-order valence-electron chi connectivity index (χ0n) is 9.21. The summed E-state index contributed by atoms with van der Waals surface area (Å²) in [5.74, 6) is 1.06. The van der Waals surface area contributed by atoms with Crippen LogP contribution >= 0.6 is 0 Å². The maximum atomic E-state index is 5.52. The number of ether oxygens (including phenoxy) is 1. The van der Waals surface area contributed by atoms with Crippen LogP contribution < -0.4 is 10.5 Å². The van der Waals surface area contributed by atoms with E-state index in [0.717, 1.165) is 11.4 Å². The summed E-state index contributed by atoms with van der Waals surface area (Å²) in [6.07, 6.45) is 0. The topological polar surface area (TPSA) is 78.9 Å². The molecule has 0 aliphatic carbocycles. The highest BCUT2D eigenvalue weighted by Gasteiger charge is 2.05. The third-order valence-electron chi connectivity index (χ3n) is 2.07. The van der Waals surface area contributed by atoms with Crippen molar-refractivity contribution < 1.29 is 4.74 Å². The van der Waals surface area contributed by atoms with Crippen molar-refractivity contribution in [3.63, 3.8) is 0 Å². The van der Waals surface area contributed by atoms with E-state index in [9.17, 15) is 0 Å². The zero-order valence-corrected chi connectivity index (χ0v) is 9.21. The largest absolute Gasteiger partial charge is 0.419 e. The monoisotopic (exact) mass is 219 g/mol. The van der Waals surface area contributed by atoms with Crippen molar-refractivity contribution in [2.45, 2.75) is 13.5 Å². The second-order valence-electron chi connectivity index (χ2n) is 3.42. The number of aromatic nitrogens is 4. The van der Waals surface area contributed by atoms with Gasteiger partial charge in [0.05, 0.1) is 11.4 Å². The Hall–Kier alpha value is -1.95. The third-order valence-corrected chi connectivity index (χ3v) is 2.07. The van der Waals surface area contributed by atoms with Crippen molar-refractivity contribution in [2.24, 2.45) is 12.8 Å². The summed E-state index contributed by atoms with van der Waals surface area (Å²) < 4.78 is 7.16. The van der Waals surface area contributed by atoms with Crippen LogP contribution in [0.1, 0.15) is 11.4 Å². The minimum atomic E-state index is 0.373. The van der Waals surface area contributed by atoms with E-state index in [2.05, 4.69) is 15.3 Å². The van der Waals surface area contributed by atoms with Gasteiger partial charge in [-0.1, -0.05) is 0 Å². The van der Waals surface area contributed by atoms with Crippen LogP contribution in [-0.2, 0) is 13.6 Å². The molecule has 0 unspecified atom stereocenters. The van der Waals surface area contributed by atoms with Crippen molar-refractivity contribution >= 4 is 0 Å². The fourth-order valence-electron chi connectivity index (χ4n) is 1.30. The minimum Gasteiger partial charge on any atom is -0.419 e. The van der Waals surface area contributed by atoms with Gasteiger partial charge in [0.2, 0.25) is 11.8 Å². The number of hydrogen-bond donors (Lipinski definition) is 1. The molecule has 0 fully saturated rings. The smallest absolute Gasteiger partial charge is 0.240 e. The lowest BCUT2D eigenvalue weighted by Gasteiger charge is -2.03. The fourth-order valence-corrected chi connectivity index (χ4v) is 1.30. The molecule has 2 heterocycles. The van der Waals surface area contributed by atoms with Crippen LogP contribution in [0.2, 0.25) is 0 Å². The Kier molecular flexibility index (Phi) is 2.82. The molecule has 2 aromatic rings. The average Bonchev–Trinajstić information content (AvgIpc) is 2.59. The van der Waals surface area contributed by atoms with E-state index < -0.39 is 0 Å². The molecule has 0 atom stereocenters. The molecule has 2 aromatic heterocycles. The van der Waals surface area contributed by atoms with Crippen LogP contribution in [0.4, 0.5) is 0 Å². The van der Waals surface area contributed by atoms with E-state index >= 15 is 0 Å². The highest BCUT2D eigenvalue weighted by molar-refractivity contribution is 5.21. The molecule has 6 heteroatoms. The van der Waals surface area contributed by atoms with Crippen LogP contribution in [0.5, 0.6) is 11.8 Å². The molecule has 0 spiro atoms. The van der Waals surface area contributed by atoms with Crippen molar-refractivity contribution in [3.8, 4) is 11.8 Å². The van der Waals surface area contributed by atoms with E-state index in [0.29, 0.717) is 18.3 Å². The normalized spacial score (nSPS) is 10.4. The highest BCUT2D eigenvalue weighted by atomic mass is 16.5. The first kappa shape index (κ1) is 10.6. The summed E-state index contributed by atoms with van der Waals surface area (Å²) >= 11 is 0. The summed E-state index contributed by atoms with van der Waals surface area (Å²) in [6, 6.07) is 5.35. The maximum Gasteiger partial charge on any atom is 0.240 e. The van der Waals surface area contributed by atoms with Crippen molar-refractivity contribution in [1.82, 2.24) is 20.0 Å². The number of hydrogen-bond acceptors (Lipinski definition) is 5. The lowest BCUT2D eigenvalue weighted by Crippen LogP contribution is -2.02. The quantitative estimate of drug-likeness (QED) is 0.824. The van der Waals surface area contributed by atoms with Crippen LogP contribution in [0.3, 0.4) is 0 Å². The first-order valence-electron chi connectivity index (χ1n) is 4.90. The van der Waals surface area contributed by atoms with E-state index in [4.69, 9.17) is 10.5 Å². The summed E-state index contributed by atoms with van der Waals surface area (Å²) in [7, 11) is 1.81. The Morgan fingerprint density at radius 2 is 2.19 bits per heavy atom. The molecular weight excluding hydrogens is 206 g/mol. The van der Waals surface area contributed by atoms with E-state index in [1.807, 2.05) is 20.0 Å². The zero-order chi connectivity index (χ0) is 11.5. The van der Waals surface area contributed by atoms with Gasteiger partial charge >= 0.3 is 0 Å². The fraction of sp³-hybridized carbons (Fsp3) is 0.300. The molecule has 16 heavy (non-hydrogen) atoms. The van der Waals surface area contributed by atoms with Gasteiger partial charge in [-0.25, -0.2) is 4.68 Å². The second kappa shape index (κ2) is 4.28. The predicted molar refractivity (Wildman–Crippen MR) is 57.9 cm³/mol. The summed E-state index contributed by atoms with van der Waals surface area (Å²) in [5, 5.41) is 12.0. The molecule has 0 saturated carbocycles. The van der Waals surface area contributed by atoms with Crippen LogP contribution in [0, 0.1) is 6.92 Å². The van der Waals surface area contributed by atoms with Gasteiger partial charge in [0.15, 0.2) is 0 Å². The van der Waals surface area contributed by atoms with Crippen molar-refractivity contribution in [2.75, 3.05) is 0 Å². The molecule has 0 amide bonds. The van der Waals surface area contributed by atoms with Crippen molar-refractivity contribution in [1.29, 1.82) is 0 Å². The Labute approximate surface area is 93.1 Å². The van der Waals surface area contributed by atoms with Gasteiger partial charge in [-0.15, -0.1) is 5.10 Å². The molecule has 0 bridgehead atoms. The van der Waals surface area contributed by atoms with Crippen LogP contribution in [0.15, 0.2) is 18.2 Å². The molecule has 0 aromatic carbocycles. The summed E-state index contributed by atoms with van der Waals surface area (Å²) in [5.41, 5.74) is 7.05. The van der Waals surface area contributed by atoms with Gasteiger partial charge in [0.1, 0.15) is 0 Å². The molecule has 0 aliphatic rings. The predicted octanol–water partition coefficient (Wildman–Crippen LogP) is 0.770. The first-order valence-corrected chi connectivity index (χ1v) is 4.90. The SMILES string of the molecule is Cc1cc(Oc2ccc(CN)nn2)n(C)n1. The Balaban J connectivity index is 2.17. The summed E-state index contributed by atoms with van der Waals surface area (Å²) in [6.45, 7) is 2.27. The molecule has 0 radical (unpaired) electrons. The number of rotatable bonds is 3. The summed E-state index contributed by atoms with van der Waals surface area (Å²) in [4.78, 5) is 0. The van der Waals surface area contributed by atoms with Gasteiger partial charge in [0, 0.05) is 25.7 Å². The Morgan fingerprint density at radius 1 is 1.38 bits per heavy atom. The average molecular weight is 219 g/mol. The van der Waals surface area contributed by atoms with Gasteiger partial charge in [-0.2, -0.15) is 10.2 Å². The van der Waals surface area contributed by atoms with Crippen LogP contribution in [0.25, 0.3) is 0 Å². The van der Waals surface area contributed by atoms with Gasteiger partial charge < -0.3 is 10.5 Å².